The summed E-state index contributed by atoms with van der Waals surface area (Å²) in [5.74, 6) is 1.22. The van der Waals surface area contributed by atoms with Crippen molar-refractivity contribution in [1.82, 2.24) is 9.38 Å². The molecule has 4 nitrogen and oxygen atoms in total. The molecule has 2 heterocycles. The number of aryl methyl sites for hydroxylation is 2. The first-order chi connectivity index (χ1) is 12.5. The van der Waals surface area contributed by atoms with E-state index in [-0.39, 0.29) is 16.7 Å². The number of hydrogen-bond acceptors (Lipinski definition) is 3. The summed E-state index contributed by atoms with van der Waals surface area (Å²) in [5, 5.41) is 13.7. The van der Waals surface area contributed by atoms with E-state index in [1.807, 2.05) is 12.1 Å². The maximum Gasteiger partial charge on any atom is 0.139 e. The van der Waals surface area contributed by atoms with E-state index >= 15 is 0 Å². The van der Waals surface area contributed by atoms with Crippen molar-refractivity contribution in [2.75, 3.05) is 5.32 Å². The minimum atomic E-state index is -0.114. The van der Waals surface area contributed by atoms with Crippen LogP contribution in [0.3, 0.4) is 0 Å². The first kappa shape index (κ1) is 19.3. The SMILES string of the molecule is Cc1cc(C)n2c(NC(C)(C)CC(C)(C)C)c(-c3cccc(O)c3)nc2c1. The summed E-state index contributed by atoms with van der Waals surface area (Å²) in [6.45, 7) is 15.4. The third kappa shape index (κ3) is 4.26. The Hall–Kier alpha value is -2.49. The van der Waals surface area contributed by atoms with Crippen LogP contribution in [0.2, 0.25) is 0 Å². The fraction of sp³-hybridized carbons (Fsp3) is 0.435. The number of phenolic OH excluding ortho intramolecular Hbond substituents is 1. The van der Waals surface area contributed by atoms with Crippen molar-refractivity contribution < 1.29 is 5.11 Å². The number of aromatic hydroxyl groups is 1. The number of rotatable bonds is 4. The number of imidazole rings is 1. The molecule has 0 unspecified atom stereocenters. The quantitative estimate of drug-likeness (QED) is 0.600. The van der Waals surface area contributed by atoms with E-state index in [0.717, 1.165) is 34.8 Å². The Morgan fingerprint density at radius 1 is 1.04 bits per heavy atom. The summed E-state index contributed by atoms with van der Waals surface area (Å²) in [4.78, 5) is 4.92. The van der Waals surface area contributed by atoms with Crippen LogP contribution in [0.15, 0.2) is 36.4 Å². The Labute approximate surface area is 162 Å². The van der Waals surface area contributed by atoms with Crippen LogP contribution in [0, 0.1) is 19.3 Å². The molecule has 3 aromatic rings. The van der Waals surface area contributed by atoms with Crippen LogP contribution >= 0.6 is 0 Å². The minimum Gasteiger partial charge on any atom is -0.508 e. The zero-order valence-corrected chi connectivity index (χ0v) is 17.5. The van der Waals surface area contributed by atoms with Gasteiger partial charge in [-0.2, -0.15) is 0 Å². The summed E-state index contributed by atoms with van der Waals surface area (Å²) in [5.41, 5.74) is 5.10. The third-order valence-electron chi connectivity index (χ3n) is 4.60. The van der Waals surface area contributed by atoms with Gasteiger partial charge >= 0.3 is 0 Å². The van der Waals surface area contributed by atoms with Crippen molar-refractivity contribution in [3.05, 3.63) is 47.7 Å². The van der Waals surface area contributed by atoms with Gasteiger partial charge in [-0.05, 0) is 69.4 Å². The van der Waals surface area contributed by atoms with E-state index in [1.165, 1.54) is 5.56 Å². The second-order valence-electron chi connectivity index (χ2n) is 9.47. The molecular weight excluding hydrogens is 334 g/mol. The lowest BCUT2D eigenvalue weighted by Gasteiger charge is -2.34. The molecule has 0 aliphatic rings. The number of fused-ring (bicyclic) bond motifs is 1. The predicted molar refractivity (Wildman–Crippen MR) is 114 cm³/mol. The number of benzene rings is 1. The molecule has 0 atom stereocenters. The summed E-state index contributed by atoms with van der Waals surface area (Å²) >= 11 is 0. The second kappa shape index (κ2) is 6.59. The molecule has 2 N–H and O–H groups in total. The summed E-state index contributed by atoms with van der Waals surface area (Å²) < 4.78 is 2.18. The van der Waals surface area contributed by atoms with Crippen molar-refractivity contribution in [2.24, 2.45) is 5.41 Å². The van der Waals surface area contributed by atoms with Gasteiger partial charge in [-0.25, -0.2) is 4.98 Å². The van der Waals surface area contributed by atoms with Gasteiger partial charge in [0.05, 0.1) is 0 Å². The van der Waals surface area contributed by atoms with Crippen molar-refractivity contribution in [1.29, 1.82) is 0 Å². The highest BCUT2D eigenvalue weighted by Crippen LogP contribution is 2.36. The first-order valence-electron chi connectivity index (χ1n) is 9.52. The number of nitrogens with zero attached hydrogens (tertiary/aromatic N) is 2. The van der Waals surface area contributed by atoms with Crippen molar-refractivity contribution >= 4 is 11.5 Å². The molecule has 0 amide bonds. The Balaban J connectivity index is 2.20. The highest BCUT2D eigenvalue weighted by atomic mass is 16.3. The zero-order valence-electron chi connectivity index (χ0n) is 17.5. The van der Waals surface area contributed by atoms with Crippen LogP contribution in [-0.4, -0.2) is 20.0 Å². The summed E-state index contributed by atoms with van der Waals surface area (Å²) in [6, 6.07) is 11.6. The van der Waals surface area contributed by atoms with E-state index in [0.29, 0.717) is 0 Å². The molecule has 0 aliphatic carbocycles. The molecule has 1 aromatic carbocycles. The lowest BCUT2D eigenvalue weighted by molar-refractivity contribution is 0.302. The van der Waals surface area contributed by atoms with Crippen LogP contribution in [0.4, 0.5) is 5.82 Å². The summed E-state index contributed by atoms with van der Waals surface area (Å²) in [6.07, 6.45) is 1.01. The molecule has 0 radical (unpaired) electrons. The summed E-state index contributed by atoms with van der Waals surface area (Å²) in [7, 11) is 0. The standard InChI is InChI=1S/C23H31N3O/c1-15-11-16(2)26-19(12-15)24-20(17-9-8-10-18(27)13-17)21(26)25-23(6,7)14-22(3,4)5/h8-13,25,27H,14H2,1-7H3. The minimum absolute atomic E-state index is 0.114. The molecule has 27 heavy (non-hydrogen) atoms. The van der Waals surface area contributed by atoms with E-state index in [1.54, 1.807) is 12.1 Å². The second-order valence-corrected chi connectivity index (χ2v) is 9.47. The van der Waals surface area contributed by atoms with Gasteiger partial charge in [-0.1, -0.05) is 32.9 Å². The molecule has 0 aliphatic heterocycles. The number of aromatic nitrogens is 2. The molecule has 144 valence electrons. The van der Waals surface area contributed by atoms with Crippen LogP contribution in [0.5, 0.6) is 5.75 Å². The van der Waals surface area contributed by atoms with E-state index in [9.17, 15) is 5.11 Å². The average Bonchev–Trinajstić information content (AvgIpc) is 2.82. The van der Waals surface area contributed by atoms with Gasteiger partial charge in [0.2, 0.25) is 0 Å². The molecule has 0 spiro atoms. The van der Waals surface area contributed by atoms with Crippen molar-refractivity contribution in [3.8, 4) is 17.0 Å². The maximum atomic E-state index is 9.97. The Morgan fingerprint density at radius 2 is 1.74 bits per heavy atom. The largest absolute Gasteiger partial charge is 0.508 e. The molecule has 3 rings (SSSR count). The third-order valence-corrected chi connectivity index (χ3v) is 4.60. The van der Waals surface area contributed by atoms with Crippen LogP contribution in [0.25, 0.3) is 16.9 Å². The monoisotopic (exact) mass is 365 g/mol. The number of phenols is 1. The fourth-order valence-corrected chi connectivity index (χ4v) is 4.19. The Bertz CT molecular complexity index is 977. The number of anilines is 1. The molecule has 0 bridgehead atoms. The molecule has 0 saturated carbocycles. The Kier molecular flexibility index (Phi) is 4.71. The highest BCUT2D eigenvalue weighted by Gasteiger charge is 2.28. The van der Waals surface area contributed by atoms with Gasteiger partial charge in [-0.15, -0.1) is 0 Å². The van der Waals surface area contributed by atoms with Crippen molar-refractivity contribution in [3.63, 3.8) is 0 Å². The van der Waals surface area contributed by atoms with Crippen LogP contribution in [-0.2, 0) is 0 Å². The first-order valence-corrected chi connectivity index (χ1v) is 9.52. The average molecular weight is 366 g/mol. The normalized spacial score (nSPS) is 12.6. The fourth-order valence-electron chi connectivity index (χ4n) is 4.19. The lowest BCUT2D eigenvalue weighted by Crippen LogP contribution is -2.36. The predicted octanol–water partition coefficient (Wildman–Crippen LogP) is 5.95. The molecule has 2 aromatic heterocycles. The smallest absolute Gasteiger partial charge is 0.139 e. The van der Waals surface area contributed by atoms with Gasteiger partial charge in [-0.3, -0.25) is 4.40 Å². The van der Waals surface area contributed by atoms with E-state index in [4.69, 9.17) is 4.98 Å². The van der Waals surface area contributed by atoms with E-state index < -0.39 is 0 Å². The zero-order chi connectivity index (χ0) is 20.0. The van der Waals surface area contributed by atoms with Gasteiger partial charge in [0.1, 0.15) is 22.9 Å². The van der Waals surface area contributed by atoms with Crippen LogP contribution < -0.4 is 5.32 Å². The topological polar surface area (TPSA) is 49.6 Å². The molecule has 0 saturated heterocycles. The number of nitrogens with one attached hydrogen (secondary N) is 1. The number of hydrogen-bond donors (Lipinski definition) is 2. The number of pyridine rings is 1. The molecule has 4 heteroatoms. The molecule has 0 fully saturated rings. The van der Waals surface area contributed by atoms with Crippen LogP contribution in [0.1, 0.15) is 52.3 Å². The highest BCUT2D eigenvalue weighted by molar-refractivity contribution is 5.78. The van der Waals surface area contributed by atoms with Gasteiger partial charge in [0.15, 0.2) is 0 Å². The maximum absolute atomic E-state index is 9.97. The van der Waals surface area contributed by atoms with Gasteiger partial charge < -0.3 is 10.4 Å². The van der Waals surface area contributed by atoms with Crippen molar-refractivity contribution in [2.45, 2.75) is 60.4 Å². The van der Waals surface area contributed by atoms with Gasteiger partial charge in [0, 0.05) is 16.8 Å². The molecular formula is C23H31N3O. The Morgan fingerprint density at radius 3 is 2.37 bits per heavy atom. The van der Waals surface area contributed by atoms with Gasteiger partial charge in [0.25, 0.3) is 0 Å². The van der Waals surface area contributed by atoms with E-state index in [2.05, 4.69) is 70.3 Å². The lowest BCUT2D eigenvalue weighted by atomic mass is 9.82.